The van der Waals surface area contributed by atoms with E-state index >= 15 is 0 Å². The number of nitrogens with one attached hydrogen (secondary N) is 1. The molecule has 0 amide bonds. The van der Waals surface area contributed by atoms with Gasteiger partial charge in [-0.05, 0) is 26.7 Å². The lowest BCUT2D eigenvalue weighted by atomic mass is 10.3. The van der Waals surface area contributed by atoms with E-state index in [1.807, 2.05) is 6.92 Å². The fourth-order valence-electron chi connectivity index (χ4n) is 3.10. The molecular formula is C15H26N4O2. The van der Waals surface area contributed by atoms with Gasteiger partial charge in [0.2, 0.25) is 0 Å². The summed E-state index contributed by atoms with van der Waals surface area (Å²) in [7, 11) is 0. The maximum Gasteiger partial charge on any atom is 0.330 e. The highest BCUT2D eigenvalue weighted by molar-refractivity contribution is 5.73. The largest absolute Gasteiger partial charge is 0.344 e. The minimum absolute atomic E-state index is 0.113. The van der Waals surface area contributed by atoms with E-state index in [-0.39, 0.29) is 17.4 Å². The maximum atomic E-state index is 12.3. The van der Waals surface area contributed by atoms with Crippen LogP contribution >= 0.6 is 0 Å². The molecule has 0 fully saturated rings. The average molecular weight is 294 g/mol. The number of unbranched alkanes of at least 4 members (excludes halogenated alkanes) is 1. The lowest BCUT2D eigenvalue weighted by Gasteiger charge is -2.29. The van der Waals surface area contributed by atoms with Gasteiger partial charge in [-0.2, -0.15) is 0 Å². The normalized spacial score (nSPS) is 17.4. The number of H-pyrrole nitrogens is 1. The summed E-state index contributed by atoms with van der Waals surface area (Å²) >= 11 is 0. The van der Waals surface area contributed by atoms with Gasteiger partial charge in [0.15, 0.2) is 0 Å². The molecule has 6 heteroatoms. The number of rotatable bonds is 6. The van der Waals surface area contributed by atoms with Crippen molar-refractivity contribution in [3.8, 4) is 0 Å². The summed E-state index contributed by atoms with van der Waals surface area (Å²) in [5.74, 6) is 0.789. The summed E-state index contributed by atoms with van der Waals surface area (Å²) in [6, 6.07) is 0. The molecule has 0 saturated carbocycles. The van der Waals surface area contributed by atoms with Crippen LogP contribution < -0.4 is 21.0 Å². The highest BCUT2D eigenvalue weighted by Crippen LogP contribution is 2.35. The predicted octanol–water partition coefficient (Wildman–Crippen LogP) is 1.74. The molecule has 0 saturated heterocycles. The molecule has 1 aliphatic rings. The SMILES string of the molecule is CCCCN1c2c(n(CCC)c(=O)[nH]c2=O)N(CC)C1C. The first-order valence-electron chi connectivity index (χ1n) is 7.97. The lowest BCUT2D eigenvalue weighted by Crippen LogP contribution is -2.42. The van der Waals surface area contributed by atoms with Gasteiger partial charge in [0.05, 0.1) is 0 Å². The van der Waals surface area contributed by atoms with Crippen LogP contribution in [0, 0.1) is 0 Å². The molecule has 6 nitrogen and oxygen atoms in total. The van der Waals surface area contributed by atoms with Gasteiger partial charge in [-0.15, -0.1) is 0 Å². The monoisotopic (exact) mass is 294 g/mol. The Morgan fingerprint density at radius 2 is 1.76 bits per heavy atom. The van der Waals surface area contributed by atoms with E-state index in [1.54, 1.807) is 4.57 Å². The molecule has 21 heavy (non-hydrogen) atoms. The van der Waals surface area contributed by atoms with Crippen molar-refractivity contribution in [1.82, 2.24) is 9.55 Å². The Kier molecular flexibility index (Phi) is 4.75. The van der Waals surface area contributed by atoms with Crippen LogP contribution in [0.5, 0.6) is 0 Å². The fraction of sp³-hybridized carbons (Fsp3) is 0.733. The standard InChI is InChI=1S/C15H26N4O2/c1-5-8-10-18-11(4)17(7-3)14-12(18)13(20)16-15(21)19(14)9-6-2/h11H,5-10H2,1-4H3,(H,16,20,21). The van der Waals surface area contributed by atoms with Crippen LogP contribution in [0.25, 0.3) is 0 Å². The second kappa shape index (κ2) is 6.37. The van der Waals surface area contributed by atoms with E-state index in [2.05, 4.69) is 35.6 Å². The highest BCUT2D eigenvalue weighted by Gasteiger charge is 2.36. The Balaban J connectivity index is 2.62. The number of hydrogen-bond donors (Lipinski definition) is 1. The van der Waals surface area contributed by atoms with E-state index < -0.39 is 0 Å². The van der Waals surface area contributed by atoms with Crippen molar-refractivity contribution in [3.63, 3.8) is 0 Å². The molecular weight excluding hydrogens is 268 g/mol. The van der Waals surface area contributed by atoms with Crippen LogP contribution in [-0.2, 0) is 6.54 Å². The molecule has 0 spiro atoms. The first-order valence-corrected chi connectivity index (χ1v) is 7.97. The number of anilines is 2. The number of aromatic amines is 1. The molecule has 1 N–H and O–H groups in total. The second-order valence-corrected chi connectivity index (χ2v) is 5.55. The van der Waals surface area contributed by atoms with Gasteiger partial charge in [-0.25, -0.2) is 4.79 Å². The van der Waals surface area contributed by atoms with Gasteiger partial charge in [0, 0.05) is 19.6 Å². The van der Waals surface area contributed by atoms with Crippen molar-refractivity contribution in [2.24, 2.45) is 0 Å². The molecule has 0 radical (unpaired) electrons. The van der Waals surface area contributed by atoms with Crippen molar-refractivity contribution in [3.05, 3.63) is 20.8 Å². The van der Waals surface area contributed by atoms with Crippen molar-refractivity contribution in [1.29, 1.82) is 0 Å². The van der Waals surface area contributed by atoms with E-state index in [4.69, 9.17) is 0 Å². The third kappa shape index (κ3) is 2.59. The van der Waals surface area contributed by atoms with E-state index in [9.17, 15) is 9.59 Å². The molecule has 1 aromatic heterocycles. The zero-order chi connectivity index (χ0) is 15.6. The number of nitrogens with zero attached hydrogens (tertiary/aromatic N) is 3. The first-order chi connectivity index (χ1) is 10.1. The van der Waals surface area contributed by atoms with Gasteiger partial charge in [0.25, 0.3) is 5.56 Å². The van der Waals surface area contributed by atoms with E-state index in [1.165, 1.54) is 0 Å². The summed E-state index contributed by atoms with van der Waals surface area (Å²) in [6.45, 7) is 10.6. The summed E-state index contributed by atoms with van der Waals surface area (Å²) in [4.78, 5) is 31.2. The Bertz CT molecular complexity index is 605. The molecule has 2 rings (SSSR count). The van der Waals surface area contributed by atoms with Crippen LogP contribution in [0.15, 0.2) is 9.59 Å². The minimum Gasteiger partial charge on any atom is -0.344 e. The Labute approximate surface area is 125 Å². The Morgan fingerprint density at radius 3 is 2.33 bits per heavy atom. The zero-order valence-electron chi connectivity index (χ0n) is 13.5. The van der Waals surface area contributed by atoms with Crippen molar-refractivity contribution in [2.75, 3.05) is 22.9 Å². The summed E-state index contributed by atoms with van der Waals surface area (Å²) < 4.78 is 1.71. The van der Waals surface area contributed by atoms with Crippen molar-refractivity contribution < 1.29 is 0 Å². The molecule has 1 aliphatic heterocycles. The first kappa shape index (κ1) is 15.7. The van der Waals surface area contributed by atoms with Gasteiger partial charge < -0.3 is 9.80 Å². The van der Waals surface area contributed by atoms with Gasteiger partial charge in [0.1, 0.15) is 17.7 Å². The third-order valence-corrected chi connectivity index (χ3v) is 4.15. The molecule has 0 aliphatic carbocycles. The molecule has 2 heterocycles. The topological polar surface area (TPSA) is 61.3 Å². The summed E-state index contributed by atoms with van der Waals surface area (Å²) in [6.07, 6.45) is 3.09. The quantitative estimate of drug-likeness (QED) is 0.868. The van der Waals surface area contributed by atoms with Crippen molar-refractivity contribution >= 4 is 11.5 Å². The molecule has 0 aromatic carbocycles. The van der Waals surface area contributed by atoms with Crippen LogP contribution in [0.1, 0.15) is 47.0 Å². The van der Waals surface area contributed by atoms with E-state index in [0.29, 0.717) is 12.2 Å². The smallest absolute Gasteiger partial charge is 0.330 e. The number of hydrogen-bond acceptors (Lipinski definition) is 4. The summed E-state index contributed by atoms with van der Waals surface area (Å²) in [5, 5.41) is 0. The van der Waals surface area contributed by atoms with Crippen LogP contribution in [-0.4, -0.2) is 28.8 Å². The number of aromatic nitrogens is 2. The molecule has 1 unspecified atom stereocenters. The molecule has 118 valence electrons. The second-order valence-electron chi connectivity index (χ2n) is 5.55. The lowest BCUT2D eigenvalue weighted by molar-refractivity contribution is 0.589. The summed E-state index contributed by atoms with van der Waals surface area (Å²) in [5.41, 5.74) is 0.0932. The number of fused-ring (bicyclic) bond motifs is 1. The third-order valence-electron chi connectivity index (χ3n) is 4.15. The van der Waals surface area contributed by atoms with Crippen LogP contribution in [0.2, 0.25) is 0 Å². The van der Waals surface area contributed by atoms with Gasteiger partial charge in [-0.3, -0.25) is 14.3 Å². The van der Waals surface area contributed by atoms with Crippen LogP contribution in [0.3, 0.4) is 0 Å². The van der Waals surface area contributed by atoms with E-state index in [0.717, 1.165) is 38.2 Å². The minimum atomic E-state index is -0.302. The Hall–Kier alpha value is -1.72. The molecule has 1 aromatic rings. The zero-order valence-corrected chi connectivity index (χ0v) is 13.5. The van der Waals surface area contributed by atoms with Crippen molar-refractivity contribution in [2.45, 2.75) is 59.7 Å². The molecule has 0 bridgehead atoms. The Morgan fingerprint density at radius 1 is 1.05 bits per heavy atom. The maximum absolute atomic E-state index is 12.3. The fourth-order valence-corrected chi connectivity index (χ4v) is 3.10. The highest BCUT2D eigenvalue weighted by atomic mass is 16.2. The van der Waals surface area contributed by atoms with Crippen LogP contribution in [0.4, 0.5) is 11.5 Å². The predicted molar refractivity (Wildman–Crippen MR) is 86.3 cm³/mol. The molecule has 1 atom stereocenters. The van der Waals surface area contributed by atoms with Gasteiger partial charge >= 0.3 is 5.69 Å². The van der Waals surface area contributed by atoms with Gasteiger partial charge in [-0.1, -0.05) is 20.3 Å². The average Bonchev–Trinajstić information content (AvgIpc) is 2.73.